The molecule has 0 atom stereocenters. The minimum Gasteiger partial charge on any atom is -0.497 e. The van der Waals surface area contributed by atoms with E-state index in [1.807, 2.05) is 42.5 Å². The third kappa shape index (κ3) is 3.61. The van der Waals surface area contributed by atoms with Gasteiger partial charge in [0.1, 0.15) is 5.75 Å². The number of morpholine rings is 1. The van der Waals surface area contributed by atoms with Gasteiger partial charge in [0, 0.05) is 18.8 Å². The lowest BCUT2D eigenvalue weighted by Gasteiger charge is -2.29. The number of ether oxygens (including phenoxy) is 2. The summed E-state index contributed by atoms with van der Waals surface area (Å²) in [6.07, 6.45) is 0. The summed E-state index contributed by atoms with van der Waals surface area (Å²) in [6, 6.07) is 13.5. The summed E-state index contributed by atoms with van der Waals surface area (Å²) < 4.78 is 12.6. The Hall–Kier alpha value is -2.64. The highest BCUT2D eigenvalue weighted by atomic mass is 32.1. The molecule has 0 spiro atoms. The van der Waals surface area contributed by atoms with Gasteiger partial charge in [-0.1, -0.05) is 12.1 Å². The van der Waals surface area contributed by atoms with Crippen LogP contribution in [-0.4, -0.2) is 43.0 Å². The van der Waals surface area contributed by atoms with E-state index in [2.05, 4.69) is 9.88 Å². The minimum absolute atomic E-state index is 0.0836. The zero-order valence-corrected chi connectivity index (χ0v) is 15.9. The highest BCUT2D eigenvalue weighted by Crippen LogP contribution is 2.20. The Balaban J connectivity index is 1.73. The van der Waals surface area contributed by atoms with Crippen molar-refractivity contribution in [1.82, 2.24) is 9.55 Å². The van der Waals surface area contributed by atoms with Crippen molar-refractivity contribution in [2.75, 3.05) is 38.3 Å². The van der Waals surface area contributed by atoms with Crippen LogP contribution in [0.15, 0.2) is 47.3 Å². The fraction of sp³-hybridized carbons (Fsp3) is 0.300. The van der Waals surface area contributed by atoms with Crippen molar-refractivity contribution in [3.05, 3.63) is 63.2 Å². The Morgan fingerprint density at radius 3 is 2.59 bits per heavy atom. The zero-order valence-electron chi connectivity index (χ0n) is 15.1. The lowest BCUT2D eigenvalue weighted by molar-refractivity contribution is 0.122. The lowest BCUT2D eigenvalue weighted by Crippen LogP contribution is -2.36. The van der Waals surface area contributed by atoms with E-state index >= 15 is 0 Å². The normalized spacial score (nSPS) is 14.5. The van der Waals surface area contributed by atoms with Gasteiger partial charge in [0.15, 0.2) is 4.77 Å². The predicted octanol–water partition coefficient (Wildman–Crippen LogP) is 2.95. The first-order chi connectivity index (χ1) is 13.2. The monoisotopic (exact) mass is 383 g/mol. The molecule has 0 radical (unpaired) electrons. The third-order valence-electron chi connectivity index (χ3n) is 4.84. The molecule has 0 saturated carbocycles. The quantitative estimate of drug-likeness (QED) is 0.702. The first kappa shape index (κ1) is 17.8. The van der Waals surface area contributed by atoms with Crippen molar-refractivity contribution in [2.45, 2.75) is 6.54 Å². The average molecular weight is 383 g/mol. The second kappa shape index (κ2) is 7.54. The number of hydrogen-bond acceptors (Lipinski definition) is 5. The molecule has 27 heavy (non-hydrogen) atoms. The van der Waals surface area contributed by atoms with Gasteiger partial charge < -0.3 is 19.4 Å². The molecular weight excluding hydrogens is 362 g/mol. The molecule has 1 fully saturated rings. The Morgan fingerprint density at radius 1 is 1.15 bits per heavy atom. The Kier molecular flexibility index (Phi) is 4.96. The SMILES string of the molecule is COc1ccc(Cn2c(=S)[nH]c3ccc(N4CCOCC4)cc3c2=O)cc1. The summed E-state index contributed by atoms with van der Waals surface area (Å²) in [6.45, 7) is 3.48. The van der Waals surface area contributed by atoms with Crippen LogP contribution in [0.5, 0.6) is 5.75 Å². The standard InChI is InChI=1S/C20H21N3O3S/c1-25-16-5-2-14(3-6-16)13-23-19(24)17-12-15(22-8-10-26-11-9-22)4-7-18(17)21-20(23)27/h2-7,12H,8-11,13H2,1H3,(H,21,27). The van der Waals surface area contributed by atoms with Gasteiger partial charge in [-0.25, -0.2) is 0 Å². The fourth-order valence-corrected chi connectivity index (χ4v) is 3.57. The van der Waals surface area contributed by atoms with E-state index in [-0.39, 0.29) is 5.56 Å². The molecule has 1 aliphatic heterocycles. The number of H-pyrrole nitrogens is 1. The summed E-state index contributed by atoms with van der Waals surface area (Å²) in [7, 11) is 1.63. The molecule has 6 nitrogen and oxygen atoms in total. The molecule has 2 aromatic carbocycles. The number of methoxy groups -OCH3 is 1. The maximum atomic E-state index is 13.1. The van der Waals surface area contributed by atoms with Gasteiger partial charge in [0.25, 0.3) is 5.56 Å². The van der Waals surface area contributed by atoms with Crippen LogP contribution in [0, 0.1) is 4.77 Å². The van der Waals surface area contributed by atoms with E-state index in [4.69, 9.17) is 21.7 Å². The van der Waals surface area contributed by atoms with Crippen LogP contribution in [0.25, 0.3) is 10.9 Å². The Bertz CT molecular complexity index is 1070. The van der Waals surface area contributed by atoms with Crippen LogP contribution < -0.4 is 15.2 Å². The number of aromatic amines is 1. The molecule has 0 bridgehead atoms. The molecule has 0 aliphatic carbocycles. The van der Waals surface area contributed by atoms with E-state index in [9.17, 15) is 4.79 Å². The number of hydrogen-bond donors (Lipinski definition) is 1. The topological polar surface area (TPSA) is 59.5 Å². The molecular formula is C20H21N3O3S. The zero-order chi connectivity index (χ0) is 18.8. The summed E-state index contributed by atoms with van der Waals surface area (Å²) in [5, 5.41) is 0.640. The number of nitrogens with one attached hydrogen (secondary N) is 1. The molecule has 1 aromatic heterocycles. The largest absolute Gasteiger partial charge is 0.497 e. The van der Waals surface area contributed by atoms with Gasteiger partial charge in [-0.3, -0.25) is 9.36 Å². The second-order valence-corrected chi connectivity index (χ2v) is 6.89. The van der Waals surface area contributed by atoms with Crippen LogP contribution in [0.4, 0.5) is 5.69 Å². The van der Waals surface area contributed by atoms with Crippen molar-refractivity contribution in [1.29, 1.82) is 0 Å². The molecule has 4 rings (SSSR count). The van der Waals surface area contributed by atoms with Crippen LogP contribution in [0.3, 0.4) is 0 Å². The van der Waals surface area contributed by atoms with Crippen molar-refractivity contribution in [3.8, 4) is 5.75 Å². The van der Waals surface area contributed by atoms with Crippen LogP contribution >= 0.6 is 12.2 Å². The van der Waals surface area contributed by atoms with Gasteiger partial charge in [0.2, 0.25) is 0 Å². The van der Waals surface area contributed by atoms with E-state index in [1.54, 1.807) is 11.7 Å². The molecule has 0 amide bonds. The fourth-order valence-electron chi connectivity index (χ4n) is 3.31. The van der Waals surface area contributed by atoms with Gasteiger partial charge in [-0.05, 0) is 48.1 Å². The number of fused-ring (bicyclic) bond motifs is 1. The van der Waals surface area contributed by atoms with E-state index in [0.717, 1.165) is 35.6 Å². The molecule has 2 heterocycles. The number of rotatable bonds is 4. The van der Waals surface area contributed by atoms with Crippen molar-refractivity contribution in [2.24, 2.45) is 0 Å². The molecule has 3 aromatic rings. The maximum absolute atomic E-state index is 13.1. The van der Waals surface area contributed by atoms with Crippen LogP contribution in [0.2, 0.25) is 0 Å². The third-order valence-corrected chi connectivity index (χ3v) is 5.16. The molecule has 1 N–H and O–H groups in total. The van der Waals surface area contributed by atoms with Crippen molar-refractivity contribution >= 4 is 28.8 Å². The maximum Gasteiger partial charge on any atom is 0.262 e. The van der Waals surface area contributed by atoms with E-state index in [0.29, 0.717) is 29.9 Å². The molecule has 1 aliphatic rings. The molecule has 0 unspecified atom stereocenters. The minimum atomic E-state index is -0.0836. The Labute approximate surface area is 162 Å². The number of nitrogens with zero attached hydrogens (tertiary/aromatic N) is 2. The number of anilines is 1. The summed E-state index contributed by atoms with van der Waals surface area (Å²) in [4.78, 5) is 18.5. The lowest BCUT2D eigenvalue weighted by atomic mass is 10.2. The molecule has 1 saturated heterocycles. The highest BCUT2D eigenvalue weighted by molar-refractivity contribution is 7.71. The van der Waals surface area contributed by atoms with E-state index in [1.165, 1.54) is 0 Å². The summed E-state index contributed by atoms with van der Waals surface area (Å²) in [5.41, 5.74) is 2.69. The Morgan fingerprint density at radius 2 is 1.89 bits per heavy atom. The van der Waals surface area contributed by atoms with Crippen LogP contribution in [-0.2, 0) is 11.3 Å². The van der Waals surface area contributed by atoms with Gasteiger partial charge in [0.05, 0.1) is 37.8 Å². The molecule has 7 heteroatoms. The second-order valence-electron chi connectivity index (χ2n) is 6.50. The van der Waals surface area contributed by atoms with Crippen molar-refractivity contribution < 1.29 is 9.47 Å². The number of aromatic nitrogens is 2. The first-order valence-electron chi connectivity index (χ1n) is 8.88. The van der Waals surface area contributed by atoms with Crippen molar-refractivity contribution in [3.63, 3.8) is 0 Å². The highest BCUT2D eigenvalue weighted by Gasteiger charge is 2.13. The predicted molar refractivity (Wildman–Crippen MR) is 109 cm³/mol. The van der Waals surface area contributed by atoms with Gasteiger partial charge >= 0.3 is 0 Å². The smallest absolute Gasteiger partial charge is 0.262 e. The summed E-state index contributed by atoms with van der Waals surface area (Å²) >= 11 is 5.43. The number of benzene rings is 2. The average Bonchev–Trinajstić information content (AvgIpc) is 2.72. The van der Waals surface area contributed by atoms with Gasteiger partial charge in [-0.2, -0.15) is 0 Å². The first-order valence-corrected chi connectivity index (χ1v) is 9.29. The van der Waals surface area contributed by atoms with Gasteiger partial charge in [-0.15, -0.1) is 0 Å². The van der Waals surface area contributed by atoms with E-state index < -0.39 is 0 Å². The van der Waals surface area contributed by atoms with Crippen LogP contribution in [0.1, 0.15) is 5.56 Å². The summed E-state index contributed by atoms with van der Waals surface area (Å²) in [5.74, 6) is 0.782. The molecule has 140 valence electrons.